The molecule has 0 radical (unpaired) electrons. The van der Waals surface area contributed by atoms with Gasteiger partial charge < -0.3 is 10.2 Å². The summed E-state index contributed by atoms with van der Waals surface area (Å²) < 4.78 is 0. The molecule has 0 saturated carbocycles. The Morgan fingerprint density at radius 2 is 0.942 bits per heavy atom. The van der Waals surface area contributed by atoms with E-state index in [-0.39, 0.29) is 40.4 Å². The number of nitrogens with one attached hydrogen (secondary N) is 4. The molecule has 2 aromatic carbocycles. The van der Waals surface area contributed by atoms with Crippen LogP contribution in [-0.2, 0) is 22.4 Å². The van der Waals surface area contributed by atoms with E-state index in [0.717, 1.165) is 62.5 Å². The van der Waals surface area contributed by atoms with Crippen molar-refractivity contribution in [3.63, 3.8) is 0 Å². The number of carbonyl (C=O) groups excluding carboxylic acids is 4. The molecule has 0 aliphatic heterocycles. The molecule has 2 rings (SSSR count). The first-order chi connectivity index (χ1) is 25.1. The van der Waals surface area contributed by atoms with Gasteiger partial charge in [0.25, 0.3) is 11.8 Å². The third-order valence-corrected chi connectivity index (χ3v) is 9.76. The van der Waals surface area contributed by atoms with Crippen molar-refractivity contribution in [3.05, 3.63) is 58.7 Å². The van der Waals surface area contributed by atoms with Gasteiger partial charge in [-0.05, 0) is 80.3 Å². The van der Waals surface area contributed by atoms with Gasteiger partial charge in [-0.1, -0.05) is 123 Å². The summed E-state index contributed by atoms with van der Waals surface area (Å²) in [6.07, 6.45) is 19.6. The van der Waals surface area contributed by atoms with Crippen molar-refractivity contribution >= 4 is 23.6 Å². The lowest BCUT2D eigenvalue weighted by molar-refractivity contribution is -0.126. The number of unbranched alkanes of at least 4 members (excludes halogenated alkanes) is 11. The van der Waals surface area contributed by atoms with E-state index in [4.69, 9.17) is 0 Å². The second-order valence-electron chi connectivity index (χ2n) is 14.3. The van der Waals surface area contributed by atoms with Gasteiger partial charge >= 0.3 is 0 Å². The Morgan fingerprint density at radius 3 is 1.42 bits per heavy atom. The van der Waals surface area contributed by atoms with Crippen molar-refractivity contribution in [3.8, 4) is 11.5 Å². The summed E-state index contributed by atoms with van der Waals surface area (Å²) in [5, 5.41) is 20.6. The number of hydrogen-bond donors (Lipinski definition) is 6. The highest BCUT2D eigenvalue weighted by Crippen LogP contribution is 2.23. The number of phenolic OH excluding ortho intramolecular Hbond substituents is 2. The molecule has 2 atom stereocenters. The molecule has 0 bridgehead atoms. The van der Waals surface area contributed by atoms with Gasteiger partial charge in [0.15, 0.2) is 0 Å². The number of aryl methyl sites for hydroxylation is 2. The van der Waals surface area contributed by atoms with Gasteiger partial charge in [-0.3, -0.25) is 40.9 Å². The first-order valence-electron chi connectivity index (χ1n) is 19.9. The highest BCUT2D eigenvalue weighted by atomic mass is 16.3. The molecule has 2 aromatic rings. The highest BCUT2D eigenvalue weighted by molar-refractivity contribution is 5.98. The van der Waals surface area contributed by atoms with E-state index < -0.39 is 17.7 Å². The van der Waals surface area contributed by atoms with Crippen molar-refractivity contribution in [1.29, 1.82) is 0 Å². The highest BCUT2D eigenvalue weighted by Gasteiger charge is 2.22. The lowest BCUT2D eigenvalue weighted by atomic mass is 9.92. The summed E-state index contributed by atoms with van der Waals surface area (Å²) in [6.45, 7) is 8.19. The quantitative estimate of drug-likeness (QED) is 0.0445. The average molecular weight is 723 g/mol. The summed E-state index contributed by atoms with van der Waals surface area (Å²) in [4.78, 5) is 51.7. The summed E-state index contributed by atoms with van der Waals surface area (Å²) >= 11 is 0. The molecule has 10 heteroatoms. The van der Waals surface area contributed by atoms with Crippen LogP contribution in [0.2, 0.25) is 0 Å². The molecular weight excluding hydrogens is 656 g/mol. The van der Waals surface area contributed by atoms with Crippen LogP contribution < -0.4 is 21.7 Å². The van der Waals surface area contributed by atoms with Gasteiger partial charge in [-0.2, -0.15) is 0 Å². The molecule has 0 saturated heterocycles. The maximum absolute atomic E-state index is 13.1. The molecule has 4 amide bonds. The van der Waals surface area contributed by atoms with Crippen molar-refractivity contribution in [2.75, 3.05) is 0 Å². The number of carbonyl (C=O) groups is 4. The first kappa shape index (κ1) is 44.1. The zero-order valence-electron chi connectivity index (χ0n) is 32.3. The second kappa shape index (κ2) is 25.8. The third kappa shape index (κ3) is 17.0. The Labute approximate surface area is 312 Å². The van der Waals surface area contributed by atoms with Gasteiger partial charge in [0, 0.05) is 11.8 Å². The standard InChI is InChI=1S/C42H66N4O6/c1-5-8-11-13-15-17-21-32-25-27-37(47)35(29-32)41(51)45-43-39(49)31(4)20-19-24-34(23-10-7-3)40(50)44-46-42(52)36-30-33(26-28-38(36)48)22-18-16-14-12-9-6-2/h25-31,34,47-48H,5-24H2,1-4H3,(H,43,49)(H,44,50)(H,45,51)(H,46,52). The Hall–Kier alpha value is -4.08. The monoisotopic (exact) mass is 722 g/mol. The van der Waals surface area contributed by atoms with Crippen molar-refractivity contribution in [2.24, 2.45) is 11.8 Å². The Morgan fingerprint density at radius 1 is 0.519 bits per heavy atom. The van der Waals surface area contributed by atoms with Crippen molar-refractivity contribution in [2.45, 2.75) is 156 Å². The van der Waals surface area contributed by atoms with Gasteiger partial charge in [0.1, 0.15) is 11.5 Å². The maximum Gasteiger partial charge on any atom is 0.273 e. The van der Waals surface area contributed by atoms with Crippen LogP contribution in [0.25, 0.3) is 0 Å². The number of aromatic hydroxyl groups is 2. The molecule has 0 aromatic heterocycles. The zero-order valence-corrected chi connectivity index (χ0v) is 32.3. The minimum absolute atomic E-state index is 0.115. The van der Waals surface area contributed by atoms with E-state index in [2.05, 4.69) is 35.6 Å². The number of benzene rings is 2. The normalized spacial score (nSPS) is 12.2. The number of amides is 4. The predicted molar refractivity (Wildman–Crippen MR) is 208 cm³/mol. The average Bonchev–Trinajstić information content (AvgIpc) is 3.14. The topological polar surface area (TPSA) is 157 Å². The second-order valence-corrected chi connectivity index (χ2v) is 14.3. The lowest BCUT2D eigenvalue weighted by Crippen LogP contribution is -2.45. The first-order valence-corrected chi connectivity index (χ1v) is 19.9. The largest absolute Gasteiger partial charge is 0.507 e. The van der Waals surface area contributed by atoms with Crippen LogP contribution in [0.1, 0.15) is 175 Å². The SMILES string of the molecule is CCCCCCCCc1ccc(O)c(C(=O)NNC(=O)C(C)CCCC(CCCC)C(=O)NNC(=O)c2cc(CCCCCCCC)ccc2O)c1. The molecule has 2 unspecified atom stereocenters. The summed E-state index contributed by atoms with van der Waals surface area (Å²) in [7, 11) is 0. The molecule has 0 heterocycles. The van der Waals surface area contributed by atoms with Crippen LogP contribution in [0.3, 0.4) is 0 Å². The lowest BCUT2D eigenvalue weighted by Gasteiger charge is -2.18. The van der Waals surface area contributed by atoms with E-state index in [1.165, 1.54) is 63.5 Å². The number of rotatable bonds is 25. The van der Waals surface area contributed by atoms with Gasteiger partial charge in [0.05, 0.1) is 11.1 Å². The Kier molecular flexibility index (Phi) is 21.9. The van der Waals surface area contributed by atoms with E-state index in [1.54, 1.807) is 19.1 Å². The van der Waals surface area contributed by atoms with Crippen LogP contribution in [0.5, 0.6) is 11.5 Å². The van der Waals surface area contributed by atoms with Crippen molar-refractivity contribution in [1.82, 2.24) is 21.7 Å². The molecule has 10 nitrogen and oxygen atoms in total. The Balaban J connectivity index is 1.81. The molecule has 0 fully saturated rings. The molecule has 0 aliphatic rings. The predicted octanol–water partition coefficient (Wildman–Crippen LogP) is 8.74. The fourth-order valence-electron chi connectivity index (χ4n) is 6.32. The molecule has 290 valence electrons. The number of phenols is 2. The summed E-state index contributed by atoms with van der Waals surface area (Å²) in [5.74, 6) is -2.92. The maximum atomic E-state index is 13.1. The zero-order chi connectivity index (χ0) is 38.1. The molecule has 6 N–H and O–H groups in total. The third-order valence-electron chi connectivity index (χ3n) is 9.76. The van der Waals surface area contributed by atoms with Crippen molar-refractivity contribution < 1.29 is 29.4 Å². The van der Waals surface area contributed by atoms with Crippen LogP contribution in [-0.4, -0.2) is 33.8 Å². The molecule has 0 spiro atoms. The van der Waals surface area contributed by atoms with Gasteiger partial charge in [0.2, 0.25) is 11.8 Å². The van der Waals surface area contributed by atoms with Crippen LogP contribution in [0, 0.1) is 11.8 Å². The van der Waals surface area contributed by atoms with Crippen LogP contribution in [0.4, 0.5) is 0 Å². The molecule has 0 aliphatic carbocycles. The fourth-order valence-corrected chi connectivity index (χ4v) is 6.32. The van der Waals surface area contributed by atoms with E-state index in [0.29, 0.717) is 25.7 Å². The van der Waals surface area contributed by atoms with Crippen LogP contribution >= 0.6 is 0 Å². The van der Waals surface area contributed by atoms with E-state index in [9.17, 15) is 29.4 Å². The summed E-state index contributed by atoms with van der Waals surface area (Å²) in [5.41, 5.74) is 12.1. The minimum Gasteiger partial charge on any atom is -0.507 e. The van der Waals surface area contributed by atoms with E-state index in [1.807, 2.05) is 19.1 Å². The van der Waals surface area contributed by atoms with Crippen LogP contribution in [0.15, 0.2) is 36.4 Å². The van der Waals surface area contributed by atoms with E-state index >= 15 is 0 Å². The minimum atomic E-state index is -0.584. The number of hydrogen-bond acceptors (Lipinski definition) is 6. The number of hydrazine groups is 2. The smallest absolute Gasteiger partial charge is 0.273 e. The fraction of sp³-hybridized carbons (Fsp3) is 0.619. The van der Waals surface area contributed by atoms with Gasteiger partial charge in [-0.25, -0.2) is 0 Å². The summed E-state index contributed by atoms with van der Waals surface area (Å²) in [6, 6.07) is 10.0. The Bertz CT molecular complexity index is 1380. The molecule has 52 heavy (non-hydrogen) atoms. The van der Waals surface area contributed by atoms with Gasteiger partial charge in [-0.15, -0.1) is 0 Å². The molecular formula is C42H66N4O6.